The SMILES string of the molecule is Cc1c(C#N)c(N)n(CC2CCCCC2)c1C. The summed E-state index contributed by atoms with van der Waals surface area (Å²) >= 11 is 0. The van der Waals surface area contributed by atoms with E-state index in [-0.39, 0.29) is 0 Å². The first kappa shape index (κ1) is 12.0. The minimum absolute atomic E-state index is 0.660. The molecule has 0 radical (unpaired) electrons. The summed E-state index contributed by atoms with van der Waals surface area (Å²) in [7, 11) is 0. The molecule has 3 heteroatoms. The number of nitrogens with zero attached hydrogens (tertiary/aromatic N) is 2. The van der Waals surface area contributed by atoms with Crippen LogP contribution in [0.2, 0.25) is 0 Å². The molecule has 17 heavy (non-hydrogen) atoms. The smallest absolute Gasteiger partial charge is 0.122 e. The van der Waals surface area contributed by atoms with Crippen molar-refractivity contribution in [3.63, 3.8) is 0 Å². The van der Waals surface area contributed by atoms with Gasteiger partial charge in [-0.25, -0.2) is 0 Å². The Labute approximate surface area is 103 Å². The Kier molecular flexibility index (Phi) is 3.42. The number of hydrogen-bond acceptors (Lipinski definition) is 2. The van der Waals surface area contributed by atoms with Crippen LogP contribution < -0.4 is 5.73 Å². The highest BCUT2D eigenvalue weighted by Crippen LogP contribution is 2.29. The summed E-state index contributed by atoms with van der Waals surface area (Å²) < 4.78 is 2.14. The van der Waals surface area contributed by atoms with E-state index in [4.69, 9.17) is 11.0 Å². The third-order valence-electron chi connectivity index (χ3n) is 4.15. The largest absolute Gasteiger partial charge is 0.384 e. The lowest BCUT2D eigenvalue weighted by Crippen LogP contribution is -2.16. The van der Waals surface area contributed by atoms with Gasteiger partial charge in [-0.05, 0) is 38.2 Å². The van der Waals surface area contributed by atoms with Crippen molar-refractivity contribution in [2.24, 2.45) is 5.92 Å². The van der Waals surface area contributed by atoms with Crippen LogP contribution in [0.15, 0.2) is 0 Å². The Morgan fingerprint density at radius 2 is 1.94 bits per heavy atom. The molecule has 1 heterocycles. The van der Waals surface area contributed by atoms with Crippen molar-refractivity contribution in [1.82, 2.24) is 4.57 Å². The average Bonchev–Trinajstić information content (AvgIpc) is 2.55. The molecule has 1 aromatic rings. The number of nitrogen functional groups attached to an aromatic ring is 1. The minimum Gasteiger partial charge on any atom is -0.384 e. The van der Waals surface area contributed by atoms with Gasteiger partial charge in [0.05, 0.1) is 5.56 Å². The molecule has 1 aliphatic carbocycles. The van der Waals surface area contributed by atoms with Gasteiger partial charge in [0.2, 0.25) is 0 Å². The standard InChI is InChI=1S/C14H21N3/c1-10-11(2)17(14(16)13(10)8-15)9-12-6-4-3-5-7-12/h12H,3-7,9,16H2,1-2H3. The van der Waals surface area contributed by atoms with Crippen molar-refractivity contribution in [3.05, 3.63) is 16.8 Å². The van der Waals surface area contributed by atoms with E-state index in [0.29, 0.717) is 11.4 Å². The Balaban J connectivity index is 2.23. The van der Waals surface area contributed by atoms with Gasteiger partial charge in [-0.1, -0.05) is 19.3 Å². The fourth-order valence-electron chi connectivity index (χ4n) is 2.90. The molecular weight excluding hydrogens is 210 g/mol. The summed E-state index contributed by atoms with van der Waals surface area (Å²) in [5.74, 6) is 1.40. The Morgan fingerprint density at radius 3 is 2.47 bits per heavy atom. The monoisotopic (exact) mass is 231 g/mol. The molecule has 0 atom stereocenters. The second-order valence-electron chi connectivity index (χ2n) is 5.20. The summed E-state index contributed by atoms with van der Waals surface area (Å²) in [6.07, 6.45) is 6.67. The van der Waals surface area contributed by atoms with E-state index in [9.17, 15) is 0 Å². The fraction of sp³-hybridized carbons (Fsp3) is 0.643. The Morgan fingerprint density at radius 1 is 1.29 bits per heavy atom. The molecule has 1 saturated carbocycles. The van der Waals surface area contributed by atoms with E-state index in [2.05, 4.69) is 17.6 Å². The maximum absolute atomic E-state index is 9.10. The lowest BCUT2D eigenvalue weighted by Gasteiger charge is -2.23. The molecule has 0 amide bonds. The molecule has 3 nitrogen and oxygen atoms in total. The van der Waals surface area contributed by atoms with E-state index in [0.717, 1.165) is 23.7 Å². The number of nitriles is 1. The number of anilines is 1. The van der Waals surface area contributed by atoms with Gasteiger partial charge in [0, 0.05) is 12.2 Å². The van der Waals surface area contributed by atoms with Crippen LogP contribution in [0.4, 0.5) is 5.82 Å². The molecule has 2 rings (SSSR count). The van der Waals surface area contributed by atoms with Gasteiger partial charge in [0.1, 0.15) is 11.9 Å². The molecule has 1 aliphatic rings. The molecule has 92 valence electrons. The second-order valence-corrected chi connectivity index (χ2v) is 5.20. The van der Waals surface area contributed by atoms with Crippen LogP contribution in [0.3, 0.4) is 0 Å². The topological polar surface area (TPSA) is 54.7 Å². The Hall–Kier alpha value is -1.43. The van der Waals surface area contributed by atoms with E-state index >= 15 is 0 Å². The van der Waals surface area contributed by atoms with Gasteiger partial charge < -0.3 is 10.3 Å². The molecular formula is C14H21N3. The molecule has 2 N–H and O–H groups in total. The van der Waals surface area contributed by atoms with E-state index in [1.54, 1.807) is 0 Å². The summed E-state index contributed by atoms with van der Waals surface area (Å²) in [6.45, 7) is 5.04. The predicted molar refractivity (Wildman–Crippen MR) is 69.6 cm³/mol. The van der Waals surface area contributed by atoms with Crippen molar-refractivity contribution >= 4 is 5.82 Å². The van der Waals surface area contributed by atoms with Gasteiger partial charge in [-0.15, -0.1) is 0 Å². The van der Waals surface area contributed by atoms with Crippen molar-refractivity contribution in [3.8, 4) is 6.07 Å². The summed E-state index contributed by atoms with van der Waals surface area (Å²) in [4.78, 5) is 0. The lowest BCUT2D eigenvalue weighted by atomic mass is 9.89. The molecule has 1 aromatic heterocycles. The number of aromatic nitrogens is 1. The maximum Gasteiger partial charge on any atom is 0.122 e. The number of hydrogen-bond donors (Lipinski definition) is 1. The van der Waals surface area contributed by atoms with Crippen molar-refractivity contribution in [1.29, 1.82) is 5.26 Å². The van der Waals surface area contributed by atoms with Crippen molar-refractivity contribution in [2.45, 2.75) is 52.5 Å². The van der Waals surface area contributed by atoms with Gasteiger partial charge in [0.15, 0.2) is 0 Å². The average molecular weight is 231 g/mol. The highest BCUT2D eigenvalue weighted by molar-refractivity contribution is 5.57. The number of rotatable bonds is 2. The lowest BCUT2D eigenvalue weighted by molar-refractivity contribution is 0.319. The highest BCUT2D eigenvalue weighted by atomic mass is 15.1. The molecule has 0 spiro atoms. The van der Waals surface area contributed by atoms with Crippen LogP contribution in [0, 0.1) is 31.1 Å². The minimum atomic E-state index is 0.660. The van der Waals surface area contributed by atoms with Gasteiger partial charge in [-0.2, -0.15) is 5.26 Å². The fourth-order valence-corrected chi connectivity index (χ4v) is 2.90. The Bertz CT molecular complexity index is 445. The molecule has 0 unspecified atom stereocenters. The third kappa shape index (κ3) is 2.17. The summed E-state index contributed by atoms with van der Waals surface area (Å²) in [5.41, 5.74) is 8.94. The molecule has 0 bridgehead atoms. The van der Waals surface area contributed by atoms with Crippen molar-refractivity contribution < 1.29 is 0 Å². The zero-order valence-corrected chi connectivity index (χ0v) is 10.8. The quantitative estimate of drug-likeness (QED) is 0.850. The van der Waals surface area contributed by atoms with Crippen LogP contribution in [0.1, 0.15) is 48.9 Å². The zero-order chi connectivity index (χ0) is 12.4. The highest BCUT2D eigenvalue weighted by Gasteiger charge is 2.19. The van der Waals surface area contributed by atoms with Gasteiger partial charge in [-0.3, -0.25) is 0 Å². The van der Waals surface area contributed by atoms with Gasteiger partial charge in [0.25, 0.3) is 0 Å². The summed E-state index contributed by atoms with van der Waals surface area (Å²) in [5, 5.41) is 9.10. The predicted octanol–water partition coefficient (Wildman–Crippen LogP) is 3.14. The first-order valence-electron chi connectivity index (χ1n) is 6.50. The van der Waals surface area contributed by atoms with Crippen LogP contribution in [0.5, 0.6) is 0 Å². The first-order valence-corrected chi connectivity index (χ1v) is 6.50. The van der Waals surface area contributed by atoms with E-state index < -0.39 is 0 Å². The van der Waals surface area contributed by atoms with Crippen molar-refractivity contribution in [2.75, 3.05) is 5.73 Å². The van der Waals surface area contributed by atoms with Crippen LogP contribution >= 0.6 is 0 Å². The molecule has 0 aliphatic heterocycles. The summed E-state index contributed by atoms with van der Waals surface area (Å²) in [6, 6.07) is 2.22. The third-order valence-corrected chi connectivity index (χ3v) is 4.15. The zero-order valence-electron chi connectivity index (χ0n) is 10.8. The first-order chi connectivity index (χ1) is 8.15. The molecule has 0 aromatic carbocycles. The second kappa shape index (κ2) is 4.83. The number of nitrogens with two attached hydrogens (primary N) is 1. The maximum atomic E-state index is 9.10. The van der Waals surface area contributed by atoms with Crippen LogP contribution in [0.25, 0.3) is 0 Å². The molecule has 0 saturated heterocycles. The normalized spacial score (nSPS) is 17.0. The van der Waals surface area contributed by atoms with E-state index in [1.807, 2.05) is 6.92 Å². The van der Waals surface area contributed by atoms with Crippen LogP contribution in [-0.4, -0.2) is 4.57 Å². The van der Waals surface area contributed by atoms with Gasteiger partial charge >= 0.3 is 0 Å². The van der Waals surface area contributed by atoms with E-state index in [1.165, 1.54) is 32.1 Å². The molecule has 1 fully saturated rings. The van der Waals surface area contributed by atoms with Crippen LogP contribution in [-0.2, 0) is 6.54 Å².